The maximum Gasteiger partial charge on any atom is 0.141 e. The molecule has 25 heavy (non-hydrogen) atoms. The molecule has 0 atom stereocenters. The van der Waals surface area contributed by atoms with Crippen molar-refractivity contribution in [1.82, 2.24) is 19.9 Å². The lowest BCUT2D eigenvalue weighted by Crippen LogP contribution is -2.46. The molecule has 3 aromatic heterocycles. The molecule has 1 aliphatic heterocycles. The van der Waals surface area contributed by atoms with E-state index in [9.17, 15) is 0 Å². The largest absolute Gasteiger partial charge is 0.353 e. The zero-order valence-corrected chi connectivity index (χ0v) is 15.9. The summed E-state index contributed by atoms with van der Waals surface area (Å²) in [6.45, 7) is 9.43. The Morgan fingerprint density at radius 2 is 1.96 bits per heavy atom. The second-order valence-corrected chi connectivity index (χ2v) is 7.50. The second kappa shape index (κ2) is 6.86. The van der Waals surface area contributed by atoms with Crippen molar-refractivity contribution in [3.05, 3.63) is 34.7 Å². The van der Waals surface area contributed by atoms with E-state index in [1.165, 1.54) is 0 Å². The van der Waals surface area contributed by atoms with Crippen LogP contribution in [0.1, 0.15) is 12.5 Å². The van der Waals surface area contributed by atoms with Gasteiger partial charge in [0.05, 0.1) is 5.39 Å². The van der Waals surface area contributed by atoms with Gasteiger partial charge in [0.2, 0.25) is 0 Å². The molecule has 0 radical (unpaired) electrons. The highest BCUT2D eigenvalue weighted by Gasteiger charge is 2.22. The summed E-state index contributed by atoms with van der Waals surface area (Å²) in [6.07, 6.45) is 3.51. The normalized spacial score (nSPS) is 15.9. The average Bonchev–Trinajstić information content (AvgIpc) is 3.08. The summed E-state index contributed by atoms with van der Waals surface area (Å²) in [5, 5.41) is 3.83. The maximum atomic E-state index is 6.09. The SMILES string of the molecule is CCN1CCN(c2ncnc3scc(-c4cnc(Cl)c(C)c4)c23)CC1. The Kier molecular flexibility index (Phi) is 4.58. The first kappa shape index (κ1) is 16.7. The van der Waals surface area contributed by atoms with E-state index in [0.717, 1.165) is 65.4 Å². The molecule has 4 rings (SSSR count). The van der Waals surface area contributed by atoms with Gasteiger partial charge in [-0.1, -0.05) is 18.5 Å². The standard InChI is InChI=1S/C18H20ClN5S/c1-3-23-4-6-24(7-5-23)17-15-14(10-25-18(15)22-11-21-17)13-8-12(2)16(19)20-9-13/h8-11H,3-7H2,1-2H3. The third kappa shape index (κ3) is 3.10. The van der Waals surface area contributed by atoms with E-state index < -0.39 is 0 Å². The van der Waals surface area contributed by atoms with Gasteiger partial charge < -0.3 is 9.80 Å². The van der Waals surface area contributed by atoms with Crippen molar-refractivity contribution in [2.75, 3.05) is 37.6 Å². The summed E-state index contributed by atoms with van der Waals surface area (Å²) in [7, 11) is 0. The first-order chi connectivity index (χ1) is 12.2. The summed E-state index contributed by atoms with van der Waals surface area (Å²) >= 11 is 7.75. The molecular formula is C18H20ClN5S. The zero-order valence-electron chi connectivity index (χ0n) is 14.4. The van der Waals surface area contributed by atoms with E-state index in [0.29, 0.717) is 5.15 Å². The predicted octanol–water partition coefficient (Wildman–Crippen LogP) is 3.86. The summed E-state index contributed by atoms with van der Waals surface area (Å²) < 4.78 is 0. The minimum atomic E-state index is 0.551. The number of aryl methyl sites for hydroxylation is 1. The lowest BCUT2D eigenvalue weighted by atomic mass is 10.1. The first-order valence-corrected chi connectivity index (χ1v) is 9.75. The summed E-state index contributed by atoms with van der Waals surface area (Å²) in [4.78, 5) is 19.3. The lowest BCUT2D eigenvalue weighted by Gasteiger charge is -2.35. The molecule has 0 aromatic carbocycles. The summed E-state index contributed by atoms with van der Waals surface area (Å²) in [6, 6.07) is 2.09. The number of hydrogen-bond acceptors (Lipinski definition) is 6. The van der Waals surface area contributed by atoms with Crippen molar-refractivity contribution in [2.45, 2.75) is 13.8 Å². The van der Waals surface area contributed by atoms with Crippen molar-refractivity contribution < 1.29 is 0 Å². The number of piperazine rings is 1. The van der Waals surface area contributed by atoms with Crippen LogP contribution in [-0.2, 0) is 0 Å². The quantitative estimate of drug-likeness (QED) is 0.652. The molecule has 0 saturated carbocycles. The van der Waals surface area contributed by atoms with E-state index >= 15 is 0 Å². The Morgan fingerprint density at radius 1 is 1.16 bits per heavy atom. The molecule has 1 aliphatic rings. The van der Waals surface area contributed by atoms with Crippen molar-refractivity contribution in [3.8, 4) is 11.1 Å². The van der Waals surface area contributed by atoms with Crippen LogP contribution in [0.5, 0.6) is 0 Å². The topological polar surface area (TPSA) is 45.2 Å². The average molecular weight is 374 g/mol. The van der Waals surface area contributed by atoms with Gasteiger partial charge in [-0.3, -0.25) is 0 Å². The van der Waals surface area contributed by atoms with Crippen molar-refractivity contribution in [3.63, 3.8) is 0 Å². The lowest BCUT2D eigenvalue weighted by molar-refractivity contribution is 0.271. The fourth-order valence-electron chi connectivity index (χ4n) is 3.29. The molecule has 0 N–H and O–H groups in total. The number of likely N-dealkylation sites (N-methyl/N-ethyl adjacent to an activating group) is 1. The number of pyridine rings is 1. The van der Waals surface area contributed by atoms with Crippen LogP contribution in [0, 0.1) is 6.92 Å². The number of halogens is 1. The first-order valence-electron chi connectivity index (χ1n) is 8.49. The molecule has 130 valence electrons. The van der Waals surface area contributed by atoms with Gasteiger partial charge in [-0.15, -0.1) is 11.3 Å². The molecule has 0 amide bonds. The fourth-order valence-corrected chi connectivity index (χ4v) is 4.31. The molecule has 5 nitrogen and oxygen atoms in total. The number of thiophene rings is 1. The van der Waals surface area contributed by atoms with Crippen molar-refractivity contribution >= 4 is 39.0 Å². The van der Waals surface area contributed by atoms with Gasteiger partial charge in [0.1, 0.15) is 22.1 Å². The van der Waals surface area contributed by atoms with E-state index in [4.69, 9.17) is 11.6 Å². The van der Waals surface area contributed by atoms with Gasteiger partial charge in [0.25, 0.3) is 0 Å². The van der Waals surface area contributed by atoms with Crippen molar-refractivity contribution in [1.29, 1.82) is 0 Å². The van der Waals surface area contributed by atoms with Gasteiger partial charge >= 0.3 is 0 Å². The van der Waals surface area contributed by atoms with Gasteiger partial charge in [0, 0.05) is 48.9 Å². The van der Waals surface area contributed by atoms with Crippen LogP contribution in [0.25, 0.3) is 21.3 Å². The highest BCUT2D eigenvalue weighted by atomic mass is 35.5. The molecule has 7 heteroatoms. The van der Waals surface area contributed by atoms with Gasteiger partial charge in [-0.2, -0.15) is 0 Å². The maximum absolute atomic E-state index is 6.09. The number of anilines is 1. The number of aromatic nitrogens is 3. The minimum absolute atomic E-state index is 0.551. The molecule has 0 spiro atoms. The smallest absolute Gasteiger partial charge is 0.141 e. The van der Waals surface area contributed by atoms with Crippen LogP contribution < -0.4 is 4.90 Å². The monoisotopic (exact) mass is 373 g/mol. The minimum Gasteiger partial charge on any atom is -0.353 e. The van der Waals surface area contributed by atoms with Crippen LogP contribution in [0.15, 0.2) is 24.0 Å². The van der Waals surface area contributed by atoms with Crippen LogP contribution in [0.3, 0.4) is 0 Å². The van der Waals surface area contributed by atoms with Gasteiger partial charge in [0.15, 0.2) is 0 Å². The third-order valence-electron chi connectivity index (χ3n) is 4.79. The predicted molar refractivity (Wildman–Crippen MR) is 105 cm³/mol. The Morgan fingerprint density at radius 3 is 2.68 bits per heavy atom. The van der Waals surface area contributed by atoms with E-state index in [-0.39, 0.29) is 0 Å². The molecule has 3 aromatic rings. The summed E-state index contributed by atoms with van der Waals surface area (Å²) in [5.74, 6) is 1.03. The number of hydrogen-bond donors (Lipinski definition) is 0. The fraction of sp³-hybridized carbons (Fsp3) is 0.389. The third-order valence-corrected chi connectivity index (χ3v) is 6.08. The Balaban J connectivity index is 1.78. The Labute approximate surface area is 156 Å². The van der Waals surface area contributed by atoms with Crippen molar-refractivity contribution in [2.24, 2.45) is 0 Å². The van der Waals surface area contributed by atoms with Gasteiger partial charge in [-0.25, -0.2) is 15.0 Å². The van der Waals surface area contributed by atoms with E-state index in [1.807, 2.05) is 13.1 Å². The molecule has 1 fully saturated rings. The van der Waals surface area contributed by atoms with E-state index in [2.05, 4.69) is 43.1 Å². The molecule has 0 unspecified atom stereocenters. The molecular weight excluding hydrogens is 354 g/mol. The number of fused-ring (bicyclic) bond motifs is 1. The highest BCUT2D eigenvalue weighted by molar-refractivity contribution is 7.17. The number of nitrogens with zero attached hydrogens (tertiary/aromatic N) is 5. The van der Waals surface area contributed by atoms with Crippen LogP contribution in [-0.4, -0.2) is 52.6 Å². The Hall–Kier alpha value is -1.76. The summed E-state index contributed by atoms with van der Waals surface area (Å²) in [5.41, 5.74) is 3.19. The Bertz CT molecular complexity index is 902. The van der Waals surface area contributed by atoms with Crippen LogP contribution >= 0.6 is 22.9 Å². The molecule has 1 saturated heterocycles. The van der Waals surface area contributed by atoms with Gasteiger partial charge in [-0.05, 0) is 25.1 Å². The van der Waals surface area contributed by atoms with Crippen LogP contribution in [0.2, 0.25) is 5.15 Å². The number of rotatable bonds is 3. The van der Waals surface area contributed by atoms with Crippen LogP contribution in [0.4, 0.5) is 5.82 Å². The molecule has 4 heterocycles. The molecule has 0 bridgehead atoms. The second-order valence-electron chi connectivity index (χ2n) is 6.28. The molecule has 0 aliphatic carbocycles. The highest BCUT2D eigenvalue weighted by Crippen LogP contribution is 2.38. The van der Waals surface area contributed by atoms with E-state index in [1.54, 1.807) is 17.7 Å². The zero-order chi connectivity index (χ0) is 17.4.